The third-order valence-corrected chi connectivity index (χ3v) is 6.78. The summed E-state index contributed by atoms with van der Waals surface area (Å²) in [5.41, 5.74) is 0.0583. The van der Waals surface area contributed by atoms with Gasteiger partial charge in [-0.15, -0.1) is 23.2 Å². The Morgan fingerprint density at radius 1 is 0.914 bits per heavy atom. The molecule has 0 radical (unpaired) electrons. The summed E-state index contributed by atoms with van der Waals surface area (Å²) in [5, 5.41) is 14.3. The van der Waals surface area contributed by atoms with Crippen molar-refractivity contribution < 1.29 is 18.4 Å². The highest BCUT2D eigenvalue weighted by atomic mass is 35.5. The van der Waals surface area contributed by atoms with Crippen LogP contribution in [0.1, 0.15) is 27.4 Å². The summed E-state index contributed by atoms with van der Waals surface area (Å²) >= 11 is 24.8. The fourth-order valence-corrected chi connectivity index (χ4v) is 5.07. The normalized spacial score (nSPS) is 17.9. The Bertz CT molecular complexity index is 1390. The molecular formula is C24H13Cl4F2N3O2. The van der Waals surface area contributed by atoms with Crippen LogP contribution in [0, 0.1) is 28.9 Å². The summed E-state index contributed by atoms with van der Waals surface area (Å²) in [7, 11) is 0. The standard InChI is InChI=1S/C24H13Cl4F2N3O2/c25-13-6-12(7-14(26)8-13)20-21(24(20,27)28)23(35)32-15-2-3-17(29)16(9-15)22(34)33-19-4-1-11(10-31)5-18(19)30/h1-9,20-21H,(H,32,35)(H,33,34)/t20-,21+/m1/s1. The van der Waals surface area contributed by atoms with Gasteiger partial charge in [0.25, 0.3) is 5.91 Å². The highest BCUT2D eigenvalue weighted by Gasteiger charge is 2.67. The number of nitriles is 1. The molecule has 5 nitrogen and oxygen atoms in total. The number of anilines is 2. The summed E-state index contributed by atoms with van der Waals surface area (Å²) in [5.74, 6) is -4.73. The number of carbonyl (C=O) groups excluding carboxylic acids is 2. The molecule has 178 valence electrons. The lowest BCUT2D eigenvalue weighted by atomic mass is 10.1. The average Bonchev–Trinajstić information content (AvgIpc) is 3.37. The lowest BCUT2D eigenvalue weighted by molar-refractivity contribution is -0.117. The second-order valence-electron chi connectivity index (χ2n) is 7.78. The van der Waals surface area contributed by atoms with Crippen LogP contribution in [-0.2, 0) is 4.79 Å². The van der Waals surface area contributed by atoms with Crippen molar-refractivity contribution in [2.75, 3.05) is 10.6 Å². The average molecular weight is 555 g/mol. The van der Waals surface area contributed by atoms with Gasteiger partial charge in [0, 0.05) is 21.7 Å². The van der Waals surface area contributed by atoms with Gasteiger partial charge in [0.1, 0.15) is 16.0 Å². The Kier molecular flexibility index (Phi) is 6.94. The molecule has 3 aromatic rings. The quantitative estimate of drug-likeness (QED) is 0.336. The molecule has 1 saturated carbocycles. The second kappa shape index (κ2) is 9.63. The first-order valence-electron chi connectivity index (χ1n) is 9.96. The first-order chi connectivity index (χ1) is 16.5. The van der Waals surface area contributed by atoms with Crippen molar-refractivity contribution >= 4 is 69.6 Å². The smallest absolute Gasteiger partial charge is 0.258 e. The van der Waals surface area contributed by atoms with E-state index < -0.39 is 45.2 Å². The predicted molar refractivity (Wildman–Crippen MR) is 131 cm³/mol. The number of benzene rings is 3. The van der Waals surface area contributed by atoms with Crippen molar-refractivity contribution in [1.29, 1.82) is 5.26 Å². The van der Waals surface area contributed by atoms with Crippen LogP contribution in [-0.4, -0.2) is 16.1 Å². The number of hydrogen-bond donors (Lipinski definition) is 2. The number of nitrogens with one attached hydrogen (secondary N) is 2. The van der Waals surface area contributed by atoms with Crippen molar-refractivity contribution in [3.05, 3.63) is 93.0 Å². The minimum absolute atomic E-state index is 0.0597. The molecule has 0 spiro atoms. The third kappa shape index (κ3) is 5.21. The highest BCUT2D eigenvalue weighted by molar-refractivity contribution is 6.53. The van der Waals surface area contributed by atoms with Gasteiger partial charge < -0.3 is 10.6 Å². The second-order valence-corrected chi connectivity index (χ2v) is 10.1. The fourth-order valence-electron chi connectivity index (χ4n) is 3.70. The minimum Gasteiger partial charge on any atom is -0.326 e. The SMILES string of the molecule is N#Cc1ccc(NC(=O)c2cc(NC(=O)[C@@H]3[C@@H](c4cc(Cl)cc(Cl)c4)C3(Cl)Cl)ccc2F)c(F)c1. The molecule has 1 fully saturated rings. The maximum absolute atomic E-state index is 14.4. The number of hydrogen-bond acceptors (Lipinski definition) is 3. The number of alkyl halides is 2. The Balaban J connectivity index is 1.51. The van der Waals surface area contributed by atoms with Gasteiger partial charge in [-0.2, -0.15) is 5.26 Å². The Hall–Kier alpha value is -2.89. The monoisotopic (exact) mass is 553 g/mol. The van der Waals surface area contributed by atoms with Crippen molar-refractivity contribution in [2.45, 2.75) is 10.3 Å². The highest BCUT2D eigenvalue weighted by Crippen LogP contribution is 2.65. The van der Waals surface area contributed by atoms with E-state index in [1.54, 1.807) is 18.2 Å². The lowest BCUT2D eigenvalue weighted by Crippen LogP contribution is -2.19. The van der Waals surface area contributed by atoms with E-state index in [2.05, 4.69) is 10.6 Å². The van der Waals surface area contributed by atoms with E-state index in [-0.39, 0.29) is 16.9 Å². The summed E-state index contributed by atoms with van der Waals surface area (Å²) < 4.78 is 27.0. The molecule has 0 saturated heterocycles. The maximum Gasteiger partial charge on any atom is 0.258 e. The summed E-state index contributed by atoms with van der Waals surface area (Å²) in [6.45, 7) is 0. The van der Waals surface area contributed by atoms with E-state index in [9.17, 15) is 18.4 Å². The van der Waals surface area contributed by atoms with E-state index in [0.717, 1.165) is 18.2 Å². The molecule has 2 atom stereocenters. The van der Waals surface area contributed by atoms with Gasteiger partial charge >= 0.3 is 0 Å². The predicted octanol–water partition coefficient (Wildman–Crippen LogP) is 6.92. The van der Waals surface area contributed by atoms with Gasteiger partial charge in [-0.25, -0.2) is 8.78 Å². The number of nitrogens with zero attached hydrogens (tertiary/aromatic N) is 1. The summed E-state index contributed by atoms with van der Waals surface area (Å²) in [6, 6.07) is 13.3. The van der Waals surface area contributed by atoms with Crippen LogP contribution in [0.3, 0.4) is 0 Å². The lowest BCUT2D eigenvalue weighted by Gasteiger charge is -2.10. The summed E-state index contributed by atoms with van der Waals surface area (Å²) in [4.78, 5) is 25.5. The molecule has 0 aromatic heterocycles. The van der Waals surface area contributed by atoms with Crippen molar-refractivity contribution in [2.24, 2.45) is 5.92 Å². The first kappa shape index (κ1) is 25.2. The van der Waals surface area contributed by atoms with E-state index in [0.29, 0.717) is 15.6 Å². The van der Waals surface area contributed by atoms with Crippen LogP contribution in [0.25, 0.3) is 0 Å². The molecule has 1 aliphatic rings. The summed E-state index contributed by atoms with van der Waals surface area (Å²) in [6.07, 6.45) is 0. The zero-order chi connectivity index (χ0) is 25.5. The molecule has 0 unspecified atom stereocenters. The molecule has 3 aromatic carbocycles. The van der Waals surface area contributed by atoms with Crippen LogP contribution in [0.4, 0.5) is 20.2 Å². The van der Waals surface area contributed by atoms with Gasteiger partial charge in [0.15, 0.2) is 0 Å². The fraction of sp³-hybridized carbons (Fsp3) is 0.125. The van der Waals surface area contributed by atoms with Gasteiger partial charge in [-0.05, 0) is 60.2 Å². The molecule has 35 heavy (non-hydrogen) atoms. The van der Waals surface area contributed by atoms with Crippen molar-refractivity contribution in [3.8, 4) is 6.07 Å². The van der Waals surface area contributed by atoms with Crippen molar-refractivity contribution in [3.63, 3.8) is 0 Å². The number of halogens is 6. The van der Waals surface area contributed by atoms with E-state index in [4.69, 9.17) is 51.7 Å². The molecule has 1 aliphatic carbocycles. The molecule has 11 heteroatoms. The van der Waals surface area contributed by atoms with Gasteiger partial charge in [-0.3, -0.25) is 9.59 Å². The largest absolute Gasteiger partial charge is 0.326 e. The number of rotatable bonds is 5. The molecule has 0 bridgehead atoms. The van der Waals surface area contributed by atoms with Gasteiger partial charge in [-0.1, -0.05) is 23.2 Å². The van der Waals surface area contributed by atoms with Gasteiger partial charge in [0.05, 0.1) is 28.8 Å². The Morgan fingerprint density at radius 2 is 1.60 bits per heavy atom. The van der Waals surface area contributed by atoms with E-state index >= 15 is 0 Å². The molecule has 0 aliphatic heterocycles. The number of carbonyl (C=O) groups is 2. The van der Waals surface area contributed by atoms with Gasteiger partial charge in [0.2, 0.25) is 5.91 Å². The molecule has 4 rings (SSSR count). The van der Waals surface area contributed by atoms with Crippen LogP contribution in [0.2, 0.25) is 10.0 Å². The van der Waals surface area contributed by atoms with E-state index in [1.165, 1.54) is 24.3 Å². The molecular weight excluding hydrogens is 542 g/mol. The first-order valence-corrected chi connectivity index (χ1v) is 11.5. The zero-order valence-corrected chi connectivity index (χ0v) is 20.4. The van der Waals surface area contributed by atoms with Crippen LogP contribution < -0.4 is 10.6 Å². The minimum atomic E-state index is -1.43. The Morgan fingerprint density at radius 3 is 2.23 bits per heavy atom. The van der Waals surface area contributed by atoms with Crippen LogP contribution in [0.5, 0.6) is 0 Å². The zero-order valence-electron chi connectivity index (χ0n) is 17.4. The van der Waals surface area contributed by atoms with Crippen LogP contribution >= 0.6 is 46.4 Å². The molecule has 2 amide bonds. The van der Waals surface area contributed by atoms with E-state index in [1.807, 2.05) is 0 Å². The number of amides is 2. The topological polar surface area (TPSA) is 82.0 Å². The van der Waals surface area contributed by atoms with Crippen molar-refractivity contribution in [1.82, 2.24) is 0 Å². The van der Waals surface area contributed by atoms with Crippen LogP contribution in [0.15, 0.2) is 54.6 Å². The maximum atomic E-state index is 14.4. The third-order valence-electron chi connectivity index (χ3n) is 5.40. The molecule has 2 N–H and O–H groups in total. The Labute approximate surface area is 218 Å². The molecule has 0 heterocycles.